The van der Waals surface area contributed by atoms with Crippen LogP contribution in [0.25, 0.3) is 0 Å². The Morgan fingerprint density at radius 1 is 1.39 bits per heavy atom. The molecule has 0 radical (unpaired) electrons. The highest BCUT2D eigenvalue weighted by Crippen LogP contribution is 2.21. The zero-order valence-electron chi connectivity index (χ0n) is 14.1. The van der Waals surface area contributed by atoms with Crippen molar-refractivity contribution in [1.82, 2.24) is 25.0 Å². The quantitative estimate of drug-likeness (QED) is 0.799. The van der Waals surface area contributed by atoms with Gasteiger partial charge >= 0.3 is 6.03 Å². The molecule has 2 amide bonds. The smallest absolute Gasteiger partial charge is 0.317 e. The van der Waals surface area contributed by atoms with E-state index in [2.05, 4.69) is 22.3 Å². The van der Waals surface area contributed by atoms with E-state index in [1.54, 1.807) is 17.3 Å². The second-order valence-corrected chi connectivity index (χ2v) is 5.68. The van der Waals surface area contributed by atoms with Gasteiger partial charge in [-0.1, -0.05) is 6.92 Å². The van der Waals surface area contributed by atoms with Crippen molar-refractivity contribution in [1.29, 1.82) is 0 Å². The average molecular weight is 315 g/mol. The zero-order chi connectivity index (χ0) is 16.7. The van der Waals surface area contributed by atoms with Crippen LogP contribution in [0.3, 0.4) is 0 Å². The number of rotatable bonds is 7. The van der Waals surface area contributed by atoms with Crippen molar-refractivity contribution in [2.45, 2.75) is 39.3 Å². The zero-order valence-corrected chi connectivity index (χ0v) is 14.1. The Kier molecular flexibility index (Phi) is 6.14. The molecule has 0 spiro atoms. The van der Waals surface area contributed by atoms with Gasteiger partial charge in [0.15, 0.2) is 0 Å². The molecule has 0 aliphatic heterocycles. The molecule has 0 aliphatic carbocycles. The van der Waals surface area contributed by atoms with Crippen LogP contribution in [0.15, 0.2) is 36.9 Å². The summed E-state index contributed by atoms with van der Waals surface area (Å²) in [5.41, 5.74) is 2.25. The summed E-state index contributed by atoms with van der Waals surface area (Å²) >= 11 is 0. The SMILES string of the molecule is CC[C@H](c1ccncc1)N(C)C(=O)NCCCn1cc(C)cn1. The van der Waals surface area contributed by atoms with Crippen molar-refractivity contribution in [3.05, 3.63) is 48.0 Å². The molecule has 0 aromatic carbocycles. The van der Waals surface area contributed by atoms with Gasteiger partial charge in [-0.3, -0.25) is 9.67 Å². The molecule has 0 fully saturated rings. The van der Waals surface area contributed by atoms with Gasteiger partial charge in [-0.25, -0.2) is 4.79 Å². The molecular weight excluding hydrogens is 290 g/mol. The molecule has 0 aliphatic rings. The van der Waals surface area contributed by atoms with Crippen LogP contribution in [-0.2, 0) is 6.54 Å². The van der Waals surface area contributed by atoms with E-state index < -0.39 is 0 Å². The Hall–Kier alpha value is -2.37. The van der Waals surface area contributed by atoms with Crippen LogP contribution in [0.2, 0.25) is 0 Å². The van der Waals surface area contributed by atoms with E-state index in [9.17, 15) is 4.79 Å². The summed E-state index contributed by atoms with van der Waals surface area (Å²) in [6, 6.07) is 3.92. The summed E-state index contributed by atoms with van der Waals surface area (Å²) in [7, 11) is 1.83. The van der Waals surface area contributed by atoms with Crippen molar-refractivity contribution in [3.8, 4) is 0 Å². The topological polar surface area (TPSA) is 63.1 Å². The first-order chi connectivity index (χ1) is 11.1. The molecule has 2 heterocycles. The van der Waals surface area contributed by atoms with Gasteiger partial charge < -0.3 is 10.2 Å². The van der Waals surface area contributed by atoms with E-state index in [-0.39, 0.29) is 12.1 Å². The number of urea groups is 1. The summed E-state index contributed by atoms with van der Waals surface area (Å²) < 4.78 is 1.90. The Morgan fingerprint density at radius 2 is 2.13 bits per heavy atom. The number of carbonyl (C=O) groups is 1. The van der Waals surface area contributed by atoms with Crippen LogP contribution in [0, 0.1) is 6.92 Å². The van der Waals surface area contributed by atoms with Crippen LogP contribution in [0.5, 0.6) is 0 Å². The van der Waals surface area contributed by atoms with E-state index in [4.69, 9.17) is 0 Å². The third kappa shape index (κ3) is 4.81. The van der Waals surface area contributed by atoms with Crippen LogP contribution in [0.1, 0.15) is 36.9 Å². The van der Waals surface area contributed by atoms with Crippen LogP contribution in [0.4, 0.5) is 4.79 Å². The number of pyridine rings is 1. The number of hydrogen-bond donors (Lipinski definition) is 1. The monoisotopic (exact) mass is 315 g/mol. The maximum Gasteiger partial charge on any atom is 0.317 e. The number of hydrogen-bond acceptors (Lipinski definition) is 3. The van der Waals surface area contributed by atoms with Gasteiger partial charge in [0.05, 0.1) is 12.2 Å². The third-order valence-electron chi connectivity index (χ3n) is 3.87. The molecule has 0 saturated carbocycles. The first-order valence-corrected chi connectivity index (χ1v) is 8.01. The maximum absolute atomic E-state index is 12.3. The molecule has 2 aromatic heterocycles. The fraction of sp³-hybridized carbons (Fsp3) is 0.471. The highest BCUT2D eigenvalue weighted by Gasteiger charge is 2.19. The number of aromatic nitrogens is 3. The number of aryl methyl sites for hydroxylation is 2. The molecule has 0 unspecified atom stereocenters. The number of amides is 2. The van der Waals surface area contributed by atoms with Crippen molar-refractivity contribution < 1.29 is 4.79 Å². The number of nitrogens with zero attached hydrogens (tertiary/aromatic N) is 4. The van der Waals surface area contributed by atoms with Crippen molar-refractivity contribution in [2.75, 3.05) is 13.6 Å². The van der Waals surface area contributed by atoms with Gasteiger partial charge in [0, 0.05) is 38.7 Å². The molecule has 6 nitrogen and oxygen atoms in total. The van der Waals surface area contributed by atoms with Crippen LogP contribution < -0.4 is 5.32 Å². The lowest BCUT2D eigenvalue weighted by atomic mass is 10.1. The Labute approximate surface area is 137 Å². The Balaban J connectivity index is 1.79. The minimum absolute atomic E-state index is 0.0506. The summed E-state index contributed by atoms with van der Waals surface area (Å²) in [5.74, 6) is 0. The molecule has 23 heavy (non-hydrogen) atoms. The summed E-state index contributed by atoms with van der Waals surface area (Å²) in [6.45, 7) is 5.54. The van der Waals surface area contributed by atoms with Gasteiger partial charge in [0.1, 0.15) is 0 Å². The van der Waals surface area contributed by atoms with Gasteiger partial charge in [0.2, 0.25) is 0 Å². The second kappa shape index (κ2) is 8.31. The highest BCUT2D eigenvalue weighted by molar-refractivity contribution is 5.74. The van der Waals surface area contributed by atoms with Crippen LogP contribution >= 0.6 is 0 Å². The van der Waals surface area contributed by atoms with Crippen molar-refractivity contribution >= 4 is 6.03 Å². The largest absolute Gasteiger partial charge is 0.338 e. The fourth-order valence-electron chi connectivity index (χ4n) is 2.61. The molecule has 2 rings (SSSR count). The van der Waals surface area contributed by atoms with Crippen LogP contribution in [-0.4, -0.2) is 39.3 Å². The second-order valence-electron chi connectivity index (χ2n) is 5.68. The summed E-state index contributed by atoms with van der Waals surface area (Å²) in [6.07, 6.45) is 9.08. The summed E-state index contributed by atoms with van der Waals surface area (Å²) in [5, 5.41) is 7.21. The first kappa shape index (κ1) is 17.0. The minimum atomic E-state index is -0.0506. The van der Waals surface area contributed by atoms with E-state index >= 15 is 0 Å². The van der Waals surface area contributed by atoms with E-state index in [0.717, 1.165) is 30.5 Å². The third-order valence-corrected chi connectivity index (χ3v) is 3.87. The molecule has 2 aromatic rings. The molecular formula is C17H25N5O. The van der Waals surface area contributed by atoms with E-state index in [0.29, 0.717) is 6.54 Å². The van der Waals surface area contributed by atoms with Gasteiger partial charge in [-0.15, -0.1) is 0 Å². The average Bonchev–Trinajstić information content (AvgIpc) is 2.98. The fourth-order valence-corrected chi connectivity index (χ4v) is 2.61. The molecule has 0 bridgehead atoms. The summed E-state index contributed by atoms with van der Waals surface area (Å²) in [4.78, 5) is 18.1. The molecule has 1 N–H and O–H groups in total. The molecule has 6 heteroatoms. The number of carbonyl (C=O) groups excluding carboxylic acids is 1. The lowest BCUT2D eigenvalue weighted by Gasteiger charge is -2.27. The predicted octanol–water partition coefficient (Wildman–Crippen LogP) is 2.77. The van der Waals surface area contributed by atoms with Gasteiger partial charge in [-0.05, 0) is 43.0 Å². The Bertz CT molecular complexity index is 610. The molecule has 0 saturated heterocycles. The maximum atomic E-state index is 12.3. The Morgan fingerprint density at radius 3 is 2.74 bits per heavy atom. The van der Waals surface area contributed by atoms with Gasteiger partial charge in [-0.2, -0.15) is 5.10 Å². The molecule has 1 atom stereocenters. The minimum Gasteiger partial charge on any atom is -0.338 e. The predicted molar refractivity (Wildman–Crippen MR) is 90.0 cm³/mol. The number of nitrogens with one attached hydrogen (secondary N) is 1. The standard InChI is InChI=1S/C17H25N5O/c1-4-16(15-6-9-18-10-7-15)21(3)17(23)19-8-5-11-22-13-14(2)12-20-22/h6-7,9-10,12-13,16H,4-5,8,11H2,1-3H3,(H,19,23)/t16-/m1/s1. The first-order valence-electron chi connectivity index (χ1n) is 8.01. The highest BCUT2D eigenvalue weighted by atomic mass is 16.2. The van der Waals surface area contributed by atoms with Crippen molar-refractivity contribution in [2.24, 2.45) is 0 Å². The van der Waals surface area contributed by atoms with Crippen molar-refractivity contribution in [3.63, 3.8) is 0 Å². The lowest BCUT2D eigenvalue weighted by molar-refractivity contribution is 0.188. The lowest BCUT2D eigenvalue weighted by Crippen LogP contribution is -2.40. The van der Waals surface area contributed by atoms with Gasteiger partial charge in [0.25, 0.3) is 0 Å². The van der Waals surface area contributed by atoms with E-state index in [1.807, 2.05) is 43.2 Å². The van der Waals surface area contributed by atoms with E-state index in [1.165, 1.54) is 0 Å². The molecule has 124 valence electrons. The normalized spacial score (nSPS) is 12.0.